The van der Waals surface area contributed by atoms with E-state index >= 15 is 0 Å². The molecule has 1 aromatic carbocycles. The molecule has 1 saturated carbocycles. The number of amides is 1. The molecule has 5 heteroatoms. The molecule has 3 aliphatic rings. The van der Waals surface area contributed by atoms with E-state index in [1.54, 1.807) is 0 Å². The number of piperidine rings is 1. The van der Waals surface area contributed by atoms with Crippen molar-refractivity contribution in [1.29, 1.82) is 0 Å². The fraction of sp³-hybridized carbons (Fsp3) is 0.650. The van der Waals surface area contributed by atoms with E-state index < -0.39 is 16.5 Å². The topological polar surface area (TPSA) is 46.6 Å². The minimum Gasteiger partial charge on any atom is -0.353 e. The van der Waals surface area contributed by atoms with Gasteiger partial charge in [0, 0.05) is 11.3 Å². The van der Waals surface area contributed by atoms with Crippen molar-refractivity contribution in [2.45, 2.75) is 74.3 Å². The first-order valence-corrected chi connectivity index (χ1v) is 10.7. The molecule has 4 nitrogen and oxygen atoms in total. The summed E-state index contributed by atoms with van der Waals surface area (Å²) in [4.78, 5) is 15.7. The van der Waals surface area contributed by atoms with Gasteiger partial charge in [-0.2, -0.15) is 0 Å². The van der Waals surface area contributed by atoms with E-state index in [2.05, 4.69) is 6.92 Å². The number of carbonyl (C=O) groups is 1. The lowest BCUT2D eigenvalue weighted by atomic mass is 9.86. The summed E-state index contributed by atoms with van der Waals surface area (Å²) in [5.41, 5.74) is 0.746. The predicted molar refractivity (Wildman–Crippen MR) is 97.6 cm³/mol. The van der Waals surface area contributed by atoms with E-state index in [9.17, 15) is 9.00 Å². The first-order chi connectivity index (χ1) is 12.0. The lowest BCUT2D eigenvalue weighted by Gasteiger charge is -2.47. The Hall–Kier alpha value is -1.20. The van der Waals surface area contributed by atoms with Crippen molar-refractivity contribution < 1.29 is 13.7 Å². The zero-order chi connectivity index (χ0) is 17.6. The van der Waals surface area contributed by atoms with Crippen LogP contribution >= 0.6 is 0 Å². The standard InChI is InChI=1S/C20H27NO3S/c1-14-6-8-16(9-7-14)25(23)19-15(2)12-18(22)21-17(19)13-24-20(21)10-4-3-5-11-20/h6-9,15,17,19H,3-5,10-13H2,1-2H3/t15-,17-,19?,25?/m1/s1. The molecular formula is C20H27NO3S. The van der Waals surface area contributed by atoms with Crippen LogP contribution in [0.2, 0.25) is 0 Å². The van der Waals surface area contributed by atoms with Crippen LogP contribution < -0.4 is 0 Å². The zero-order valence-corrected chi connectivity index (χ0v) is 15.9. The van der Waals surface area contributed by atoms with Gasteiger partial charge in [0.15, 0.2) is 0 Å². The average Bonchev–Trinajstić information content (AvgIpc) is 2.95. The van der Waals surface area contributed by atoms with Gasteiger partial charge in [-0.25, -0.2) is 0 Å². The van der Waals surface area contributed by atoms with Gasteiger partial charge in [0.2, 0.25) is 5.91 Å². The number of fused-ring (bicyclic) bond motifs is 2. The second-order valence-electron chi connectivity index (χ2n) is 7.91. The Morgan fingerprint density at radius 1 is 1.16 bits per heavy atom. The molecule has 2 unspecified atom stereocenters. The minimum absolute atomic E-state index is 0.0540. The molecule has 1 aromatic rings. The molecular weight excluding hydrogens is 334 g/mol. The Kier molecular flexibility index (Phi) is 4.49. The van der Waals surface area contributed by atoms with E-state index in [4.69, 9.17) is 4.74 Å². The summed E-state index contributed by atoms with van der Waals surface area (Å²) in [5.74, 6) is 0.298. The number of rotatable bonds is 2. The van der Waals surface area contributed by atoms with Gasteiger partial charge < -0.3 is 9.64 Å². The first kappa shape index (κ1) is 17.2. The van der Waals surface area contributed by atoms with Gasteiger partial charge in [-0.3, -0.25) is 9.00 Å². The Bertz CT molecular complexity index is 681. The zero-order valence-electron chi connectivity index (χ0n) is 15.1. The highest BCUT2D eigenvalue weighted by molar-refractivity contribution is 7.85. The van der Waals surface area contributed by atoms with E-state index in [1.807, 2.05) is 36.1 Å². The summed E-state index contributed by atoms with van der Waals surface area (Å²) >= 11 is 0. The van der Waals surface area contributed by atoms with Crippen LogP contribution in [-0.2, 0) is 20.3 Å². The highest BCUT2D eigenvalue weighted by Crippen LogP contribution is 2.46. The van der Waals surface area contributed by atoms with Crippen LogP contribution in [0.25, 0.3) is 0 Å². The van der Waals surface area contributed by atoms with Crippen molar-refractivity contribution in [3.63, 3.8) is 0 Å². The summed E-state index contributed by atoms with van der Waals surface area (Å²) in [7, 11) is -1.13. The quantitative estimate of drug-likeness (QED) is 0.811. The van der Waals surface area contributed by atoms with Gasteiger partial charge >= 0.3 is 0 Å². The highest BCUT2D eigenvalue weighted by atomic mass is 32.2. The van der Waals surface area contributed by atoms with E-state index in [0.717, 1.165) is 30.6 Å². The number of hydrogen-bond acceptors (Lipinski definition) is 3. The predicted octanol–water partition coefficient (Wildman–Crippen LogP) is 3.40. The Labute approximate surface area is 152 Å². The van der Waals surface area contributed by atoms with Crippen molar-refractivity contribution in [3.8, 4) is 0 Å². The van der Waals surface area contributed by atoms with Gasteiger partial charge in [-0.1, -0.05) is 31.0 Å². The molecule has 1 spiro atoms. The molecule has 2 heterocycles. The monoisotopic (exact) mass is 361 g/mol. The number of carbonyl (C=O) groups excluding carboxylic acids is 1. The summed E-state index contributed by atoms with van der Waals surface area (Å²) in [6.45, 7) is 4.63. The fourth-order valence-corrected chi connectivity index (χ4v) is 6.61. The number of benzene rings is 1. The molecule has 0 aromatic heterocycles. The molecule has 3 fully saturated rings. The maximum Gasteiger partial charge on any atom is 0.225 e. The maximum atomic E-state index is 13.4. The average molecular weight is 362 g/mol. The van der Waals surface area contributed by atoms with E-state index in [0.29, 0.717) is 13.0 Å². The molecule has 2 saturated heterocycles. The van der Waals surface area contributed by atoms with Gasteiger partial charge in [0.1, 0.15) is 5.72 Å². The number of nitrogens with zero attached hydrogens (tertiary/aromatic N) is 1. The Morgan fingerprint density at radius 3 is 2.52 bits per heavy atom. The second-order valence-corrected chi connectivity index (χ2v) is 9.52. The lowest BCUT2D eigenvalue weighted by molar-refractivity contribution is -0.161. The fourth-order valence-electron chi connectivity index (χ4n) is 4.88. The van der Waals surface area contributed by atoms with Crippen molar-refractivity contribution in [1.82, 2.24) is 4.90 Å². The van der Waals surface area contributed by atoms with Gasteiger partial charge in [0.25, 0.3) is 0 Å². The maximum absolute atomic E-state index is 13.4. The van der Waals surface area contributed by atoms with Crippen molar-refractivity contribution >= 4 is 16.7 Å². The SMILES string of the molecule is Cc1ccc(S(=O)C2[C@H](C)CC(=O)N3[C@@H]2COC32CCCCC2)cc1. The van der Waals surface area contributed by atoms with Gasteiger partial charge in [-0.15, -0.1) is 0 Å². The third kappa shape index (κ3) is 2.85. The molecule has 0 radical (unpaired) electrons. The molecule has 4 rings (SSSR count). The third-order valence-corrected chi connectivity index (χ3v) is 8.14. The summed E-state index contributed by atoms with van der Waals surface area (Å²) < 4.78 is 19.6. The van der Waals surface area contributed by atoms with Crippen LogP contribution in [0.5, 0.6) is 0 Å². The lowest BCUT2D eigenvalue weighted by Crippen LogP contribution is -2.60. The first-order valence-electron chi connectivity index (χ1n) is 9.45. The highest BCUT2D eigenvalue weighted by Gasteiger charge is 2.57. The molecule has 0 bridgehead atoms. The van der Waals surface area contributed by atoms with Crippen molar-refractivity contribution in [3.05, 3.63) is 29.8 Å². The van der Waals surface area contributed by atoms with E-state index in [-0.39, 0.29) is 23.1 Å². The van der Waals surface area contributed by atoms with Gasteiger partial charge in [-0.05, 0) is 50.7 Å². The van der Waals surface area contributed by atoms with Crippen molar-refractivity contribution in [2.75, 3.05) is 6.61 Å². The van der Waals surface area contributed by atoms with Crippen LogP contribution in [0.1, 0.15) is 51.0 Å². The van der Waals surface area contributed by atoms with Gasteiger partial charge in [0.05, 0.1) is 28.7 Å². The second kappa shape index (κ2) is 6.51. The van der Waals surface area contributed by atoms with Crippen LogP contribution in [0.4, 0.5) is 0 Å². The normalized spacial score (nSPS) is 32.6. The smallest absolute Gasteiger partial charge is 0.225 e. The third-order valence-electron chi connectivity index (χ3n) is 6.13. The van der Waals surface area contributed by atoms with E-state index in [1.165, 1.54) is 12.0 Å². The van der Waals surface area contributed by atoms with Crippen LogP contribution in [-0.4, -0.2) is 38.6 Å². The number of ether oxygens (including phenoxy) is 1. The summed E-state index contributed by atoms with van der Waals surface area (Å²) in [6, 6.07) is 7.89. The van der Waals surface area contributed by atoms with Crippen LogP contribution in [0, 0.1) is 12.8 Å². The molecule has 0 N–H and O–H groups in total. The molecule has 2 aliphatic heterocycles. The van der Waals surface area contributed by atoms with Crippen molar-refractivity contribution in [2.24, 2.45) is 5.92 Å². The largest absolute Gasteiger partial charge is 0.353 e. The Balaban J connectivity index is 1.65. The molecule has 25 heavy (non-hydrogen) atoms. The number of hydrogen-bond donors (Lipinski definition) is 0. The summed E-state index contributed by atoms with van der Waals surface area (Å²) in [5, 5.41) is -0.0540. The summed E-state index contributed by atoms with van der Waals surface area (Å²) in [6.07, 6.45) is 5.76. The van der Waals surface area contributed by atoms with Crippen LogP contribution in [0.3, 0.4) is 0 Å². The molecule has 1 aliphatic carbocycles. The number of aryl methyl sites for hydroxylation is 1. The molecule has 1 amide bonds. The minimum atomic E-state index is -1.13. The Morgan fingerprint density at radius 2 is 1.84 bits per heavy atom. The van der Waals surface area contributed by atoms with Crippen LogP contribution in [0.15, 0.2) is 29.2 Å². The molecule has 136 valence electrons. The molecule has 4 atom stereocenters.